The van der Waals surface area contributed by atoms with Crippen molar-refractivity contribution < 1.29 is 0 Å². The summed E-state index contributed by atoms with van der Waals surface area (Å²) in [5, 5.41) is 2.47. The van der Waals surface area contributed by atoms with E-state index in [0.29, 0.717) is 6.54 Å². The van der Waals surface area contributed by atoms with Crippen LogP contribution in [0.4, 0.5) is 0 Å². The van der Waals surface area contributed by atoms with E-state index in [4.69, 9.17) is 5.73 Å². The molecule has 2 rings (SSSR count). The van der Waals surface area contributed by atoms with Gasteiger partial charge >= 0.3 is 0 Å². The van der Waals surface area contributed by atoms with Gasteiger partial charge in [0.25, 0.3) is 0 Å². The molecule has 0 aliphatic carbocycles. The molecule has 2 nitrogen and oxygen atoms in total. The summed E-state index contributed by atoms with van der Waals surface area (Å²) in [4.78, 5) is 4.28. The number of benzene rings is 1. The van der Waals surface area contributed by atoms with E-state index < -0.39 is 0 Å². The van der Waals surface area contributed by atoms with E-state index in [-0.39, 0.29) is 0 Å². The molecule has 0 saturated heterocycles. The Balaban J connectivity index is 2.77. The zero-order chi connectivity index (χ0) is 9.97. The third kappa shape index (κ3) is 1.38. The molecule has 2 heteroatoms. The van der Waals surface area contributed by atoms with Crippen molar-refractivity contribution in [3.8, 4) is 0 Å². The Kier molecular flexibility index (Phi) is 2.46. The van der Waals surface area contributed by atoms with Crippen molar-refractivity contribution in [2.45, 2.75) is 19.9 Å². The van der Waals surface area contributed by atoms with Crippen LogP contribution in [0.5, 0.6) is 0 Å². The van der Waals surface area contributed by atoms with Crippen LogP contribution < -0.4 is 5.73 Å². The Bertz CT molecular complexity index is 406. The molecular weight excluding hydrogens is 172 g/mol. The number of rotatable bonds is 2. The maximum Gasteiger partial charge on any atom is 0.0617 e. The van der Waals surface area contributed by atoms with Gasteiger partial charge in [-0.25, -0.2) is 0 Å². The summed E-state index contributed by atoms with van der Waals surface area (Å²) >= 11 is 0. The van der Waals surface area contributed by atoms with E-state index in [1.54, 1.807) is 0 Å². The Morgan fingerprint density at radius 2 is 2.07 bits per heavy atom. The number of aromatic nitrogens is 1. The SMILES string of the molecule is CCc1cccc2c(CN)nccc12. The Morgan fingerprint density at radius 1 is 1.21 bits per heavy atom. The third-order valence-corrected chi connectivity index (χ3v) is 2.55. The smallest absolute Gasteiger partial charge is 0.0617 e. The predicted molar refractivity (Wildman–Crippen MR) is 59.0 cm³/mol. The molecule has 0 aliphatic rings. The van der Waals surface area contributed by atoms with Crippen molar-refractivity contribution in [1.82, 2.24) is 4.98 Å². The second-order valence-electron chi connectivity index (χ2n) is 3.33. The van der Waals surface area contributed by atoms with Gasteiger partial charge in [-0.1, -0.05) is 25.1 Å². The molecule has 1 heterocycles. The molecule has 2 N–H and O–H groups in total. The van der Waals surface area contributed by atoms with Crippen LogP contribution in [0.15, 0.2) is 30.5 Å². The van der Waals surface area contributed by atoms with E-state index in [9.17, 15) is 0 Å². The van der Waals surface area contributed by atoms with E-state index >= 15 is 0 Å². The molecule has 0 atom stereocenters. The van der Waals surface area contributed by atoms with Crippen LogP contribution in [0.1, 0.15) is 18.2 Å². The molecular formula is C12H14N2. The van der Waals surface area contributed by atoms with Crippen molar-refractivity contribution in [2.24, 2.45) is 5.73 Å². The molecule has 14 heavy (non-hydrogen) atoms. The van der Waals surface area contributed by atoms with Gasteiger partial charge in [-0.3, -0.25) is 4.98 Å². The van der Waals surface area contributed by atoms with E-state index in [2.05, 4.69) is 36.2 Å². The molecule has 2 aromatic rings. The van der Waals surface area contributed by atoms with Crippen LogP contribution in [-0.2, 0) is 13.0 Å². The largest absolute Gasteiger partial charge is 0.325 e. The topological polar surface area (TPSA) is 38.9 Å². The maximum atomic E-state index is 5.64. The fraction of sp³-hybridized carbons (Fsp3) is 0.250. The van der Waals surface area contributed by atoms with E-state index in [1.807, 2.05) is 6.20 Å². The lowest BCUT2D eigenvalue weighted by atomic mass is 10.0. The van der Waals surface area contributed by atoms with Gasteiger partial charge in [0.15, 0.2) is 0 Å². The summed E-state index contributed by atoms with van der Waals surface area (Å²) in [5.74, 6) is 0. The highest BCUT2D eigenvalue weighted by Crippen LogP contribution is 2.20. The number of aryl methyl sites for hydroxylation is 1. The van der Waals surface area contributed by atoms with Gasteiger partial charge < -0.3 is 5.73 Å². The standard InChI is InChI=1S/C12H14N2/c1-2-9-4-3-5-11-10(9)6-7-14-12(11)8-13/h3-7H,2,8,13H2,1H3. The summed E-state index contributed by atoms with van der Waals surface area (Å²) in [6, 6.07) is 8.38. The van der Waals surface area contributed by atoms with E-state index in [0.717, 1.165) is 12.1 Å². The Morgan fingerprint density at radius 3 is 2.79 bits per heavy atom. The fourth-order valence-corrected chi connectivity index (χ4v) is 1.80. The van der Waals surface area contributed by atoms with Gasteiger partial charge in [-0.05, 0) is 23.4 Å². The molecule has 0 aliphatic heterocycles. The lowest BCUT2D eigenvalue weighted by molar-refractivity contribution is 1.01. The molecule has 0 unspecified atom stereocenters. The van der Waals surface area contributed by atoms with Gasteiger partial charge in [0, 0.05) is 18.1 Å². The lowest BCUT2D eigenvalue weighted by Gasteiger charge is -2.06. The van der Waals surface area contributed by atoms with Gasteiger partial charge in [-0.2, -0.15) is 0 Å². The normalized spacial score (nSPS) is 10.7. The summed E-state index contributed by atoms with van der Waals surface area (Å²) in [6.07, 6.45) is 2.88. The van der Waals surface area contributed by atoms with Gasteiger partial charge in [0.2, 0.25) is 0 Å². The fourth-order valence-electron chi connectivity index (χ4n) is 1.80. The van der Waals surface area contributed by atoms with Crippen molar-refractivity contribution in [3.63, 3.8) is 0 Å². The molecule has 0 spiro atoms. The van der Waals surface area contributed by atoms with Crippen LogP contribution in [-0.4, -0.2) is 4.98 Å². The molecule has 1 aromatic carbocycles. The van der Waals surface area contributed by atoms with Gasteiger partial charge in [-0.15, -0.1) is 0 Å². The minimum Gasteiger partial charge on any atom is -0.325 e. The van der Waals surface area contributed by atoms with Crippen LogP contribution in [0.25, 0.3) is 10.8 Å². The second kappa shape index (κ2) is 3.76. The maximum absolute atomic E-state index is 5.64. The minimum absolute atomic E-state index is 0.504. The molecule has 72 valence electrons. The van der Waals surface area contributed by atoms with Crippen LogP contribution in [0.2, 0.25) is 0 Å². The van der Waals surface area contributed by atoms with Gasteiger partial charge in [0.1, 0.15) is 0 Å². The molecule has 0 fully saturated rings. The van der Waals surface area contributed by atoms with Crippen molar-refractivity contribution >= 4 is 10.8 Å². The average molecular weight is 186 g/mol. The van der Waals surface area contributed by atoms with E-state index in [1.165, 1.54) is 16.3 Å². The molecule has 0 radical (unpaired) electrons. The average Bonchev–Trinajstić information content (AvgIpc) is 2.27. The number of hydrogen-bond donors (Lipinski definition) is 1. The quantitative estimate of drug-likeness (QED) is 0.781. The highest BCUT2D eigenvalue weighted by molar-refractivity contribution is 5.87. The number of pyridine rings is 1. The summed E-state index contributed by atoms with van der Waals surface area (Å²) in [7, 11) is 0. The predicted octanol–water partition coefficient (Wildman–Crippen LogP) is 2.26. The highest BCUT2D eigenvalue weighted by atomic mass is 14.7. The van der Waals surface area contributed by atoms with Crippen molar-refractivity contribution in [1.29, 1.82) is 0 Å². The first-order chi connectivity index (χ1) is 6.86. The summed E-state index contributed by atoms with van der Waals surface area (Å²) in [6.45, 7) is 2.67. The Labute approximate surface area is 83.8 Å². The van der Waals surface area contributed by atoms with Gasteiger partial charge in [0.05, 0.1) is 5.69 Å². The van der Waals surface area contributed by atoms with Crippen LogP contribution in [0.3, 0.4) is 0 Å². The van der Waals surface area contributed by atoms with Crippen LogP contribution >= 0.6 is 0 Å². The third-order valence-electron chi connectivity index (χ3n) is 2.55. The number of nitrogens with two attached hydrogens (primary N) is 1. The Hall–Kier alpha value is -1.41. The first kappa shape index (κ1) is 9.16. The zero-order valence-electron chi connectivity index (χ0n) is 8.33. The minimum atomic E-state index is 0.504. The second-order valence-corrected chi connectivity index (χ2v) is 3.33. The van der Waals surface area contributed by atoms with Crippen molar-refractivity contribution in [2.75, 3.05) is 0 Å². The first-order valence-corrected chi connectivity index (χ1v) is 4.92. The molecule has 0 bridgehead atoms. The monoisotopic (exact) mass is 186 g/mol. The molecule has 0 amide bonds. The number of nitrogens with zero attached hydrogens (tertiary/aromatic N) is 1. The molecule has 1 aromatic heterocycles. The first-order valence-electron chi connectivity index (χ1n) is 4.92. The molecule has 0 saturated carbocycles. The van der Waals surface area contributed by atoms with Crippen LogP contribution in [0, 0.1) is 0 Å². The number of hydrogen-bond acceptors (Lipinski definition) is 2. The highest BCUT2D eigenvalue weighted by Gasteiger charge is 2.02. The van der Waals surface area contributed by atoms with Crippen molar-refractivity contribution in [3.05, 3.63) is 41.7 Å². The lowest BCUT2D eigenvalue weighted by Crippen LogP contribution is -2.00. The number of fused-ring (bicyclic) bond motifs is 1. The summed E-state index contributed by atoms with van der Waals surface area (Å²) < 4.78 is 0. The zero-order valence-corrected chi connectivity index (χ0v) is 8.33. The summed E-state index contributed by atoms with van der Waals surface area (Å²) in [5.41, 5.74) is 7.99.